The third kappa shape index (κ3) is 4.97. The highest BCUT2D eigenvalue weighted by Gasteiger charge is 2.31. The molecule has 36 heavy (non-hydrogen) atoms. The summed E-state index contributed by atoms with van der Waals surface area (Å²) < 4.78 is 21.3. The zero-order valence-corrected chi connectivity index (χ0v) is 19.6. The lowest BCUT2D eigenvalue weighted by Gasteiger charge is -2.31. The van der Waals surface area contributed by atoms with E-state index in [4.69, 9.17) is 4.74 Å². The molecule has 0 bridgehead atoms. The largest absolute Gasteiger partial charge is 0.469 e. The molecule has 4 N–H and O–H groups in total. The standard InChI is InChI=1S/C25H26FN7O3/c1-36-25(35)18-13-27-8-6-20(18)29-23-5-2-15-12-28-24(11-22(15)31-23)30-21-4-3-17(10-19(21)26)33-9-7-16(14-34)32-33/h2-5,7,9-12,18,20,27,34H,6,8,13-14H2,1H3,(H,28,30)(H,29,31). The van der Waals surface area contributed by atoms with Crippen molar-refractivity contribution in [1.82, 2.24) is 25.1 Å². The van der Waals surface area contributed by atoms with E-state index in [9.17, 15) is 14.3 Å². The second-order valence-electron chi connectivity index (χ2n) is 8.53. The first-order valence-electron chi connectivity index (χ1n) is 11.6. The minimum atomic E-state index is -0.474. The number of benzene rings is 1. The summed E-state index contributed by atoms with van der Waals surface area (Å²) in [6.07, 6.45) is 4.09. The number of hydrogen-bond donors (Lipinski definition) is 4. The van der Waals surface area contributed by atoms with E-state index in [0.717, 1.165) is 18.4 Å². The van der Waals surface area contributed by atoms with Crippen LogP contribution in [0.15, 0.2) is 54.9 Å². The maximum atomic E-state index is 14.8. The second kappa shape index (κ2) is 10.3. The van der Waals surface area contributed by atoms with Crippen LogP contribution in [0.4, 0.5) is 21.7 Å². The monoisotopic (exact) mass is 491 g/mol. The predicted molar refractivity (Wildman–Crippen MR) is 133 cm³/mol. The van der Waals surface area contributed by atoms with Crippen LogP contribution >= 0.6 is 0 Å². The van der Waals surface area contributed by atoms with Gasteiger partial charge in [-0.05, 0) is 43.3 Å². The number of esters is 1. The van der Waals surface area contributed by atoms with Crippen molar-refractivity contribution < 1.29 is 19.0 Å². The molecule has 0 saturated carbocycles. The topological polar surface area (TPSA) is 126 Å². The predicted octanol–water partition coefficient (Wildman–Crippen LogP) is 2.75. The molecule has 0 aliphatic carbocycles. The minimum Gasteiger partial charge on any atom is -0.469 e. The van der Waals surface area contributed by atoms with Crippen molar-refractivity contribution in [3.63, 3.8) is 0 Å². The first kappa shape index (κ1) is 23.6. The van der Waals surface area contributed by atoms with Crippen molar-refractivity contribution in [2.45, 2.75) is 19.1 Å². The zero-order valence-electron chi connectivity index (χ0n) is 19.6. The SMILES string of the molecule is COC(=O)C1CNCCC1Nc1ccc2cnc(Nc3ccc(-n4ccc(CO)n4)cc3F)cc2n1. The van der Waals surface area contributed by atoms with Gasteiger partial charge in [-0.25, -0.2) is 19.0 Å². The Bertz CT molecular complexity index is 1390. The van der Waals surface area contributed by atoms with Crippen LogP contribution in [0.2, 0.25) is 0 Å². The van der Waals surface area contributed by atoms with Crippen LogP contribution in [0.1, 0.15) is 12.1 Å². The number of nitrogens with one attached hydrogen (secondary N) is 3. The Morgan fingerprint density at radius 1 is 1.25 bits per heavy atom. The molecular formula is C25H26FN7O3. The van der Waals surface area contributed by atoms with E-state index in [-0.39, 0.29) is 30.2 Å². The van der Waals surface area contributed by atoms with Crippen LogP contribution in [0.3, 0.4) is 0 Å². The number of fused-ring (bicyclic) bond motifs is 1. The molecule has 11 heteroatoms. The Morgan fingerprint density at radius 2 is 2.14 bits per heavy atom. The summed E-state index contributed by atoms with van der Waals surface area (Å²) >= 11 is 0. The van der Waals surface area contributed by atoms with Gasteiger partial charge in [0.15, 0.2) is 0 Å². The van der Waals surface area contributed by atoms with Crippen molar-refractivity contribution in [3.05, 3.63) is 66.4 Å². The highest BCUT2D eigenvalue weighted by atomic mass is 19.1. The van der Waals surface area contributed by atoms with Gasteiger partial charge in [-0.1, -0.05) is 0 Å². The quantitative estimate of drug-likeness (QED) is 0.289. The normalized spacial score (nSPS) is 17.6. The molecule has 1 aromatic carbocycles. The highest BCUT2D eigenvalue weighted by molar-refractivity contribution is 5.82. The average molecular weight is 492 g/mol. The second-order valence-corrected chi connectivity index (χ2v) is 8.53. The molecule has 1 aliphatic rings. The molecule has 0 spiro atoms. The van der Waals surface area contributed by atoms with E-state index in [1.165, 1.54) is 17.9 Å². The molecular weight excluding hydrogens is 465 g/mol. The fraction of sp³-hybridized carbons (Fsp3) is 0.280. The number of halogens is 1. The number of aliphatic hydroxyl groups is 1. The van der Waals surface area contributed by atoms with E-state index in [1.54, 1.807) is 36.7 Å². The molecule has 2 atom stereocenters. The number of pyridine rings is 2. The van der Waals surface area contributed by atoms with E-state index >= 15 is 0 Å². The lowest BCUT2D eigenvalue weighted by atomic mass is 9.93. The number of nitrogens with zero attached hydrogens (tertiary/aromatic N) is 4. The third-order valence-electron chi connectivity index (χ3n) is 6.18. The van der Waals surface area contributed by atoms with Crippen molar-refractivity contribution in [1.29, 1.82) is 0 Å². The molecule has 1 saturated heterocycles. The van der Waals surface area contributed by atoms with E-state index in [0.29, 0.717) is 35.1 Å². The van der Waals surface area contributed by atoms with Crippen LogP contribution in [-0.4, -0.2) is 57.1 Å². The summed E-state index contributed by atoms with van der Waals surface area (Å²) in [4.78, 5) is 21.2. The number of hydrogen-bond acceptors (Lipinski definition) is 9. The molecule has 1 aliphatic heterocycles. The summed E-state index contributed by atoms with van der Waals surface area (Å²) in [6.45, 7) is 1.16. The van der Waals surface area contributed by atoms with Gasteiger partial charge in [-0.2, -0.15) is 5.10 Å². The smallest absolute Gasteiger partial charge is 0.312 e. The van der Waals surface area contributed by atoms with Gasteiger partial charge < -0.3 is 25.8 Å². The van der Waals surface area contributed by atoms with Crippen LogP contribution in [0, 0.1) is 11.7 Å². The van der Waals surface area contributed by atoms with Crippen LogP contribution in [0.25, 0.3) is 16.6 Å². The van der Waals surface area contributed by atoms with Gasteiger partial charge in [0.05, 0.1) is 42.2 Å². The maximum absolute atomic E-state index is 14.8. The Labute approximate surface area is 206 Å². The van der Waals surface area contributed by atoms with Crippen molar-refractivity contribution in [3.8, 4) is 5.69 Å². The van der Waals surface area contributed by atoms with E-state index in [1.807, 2.05) is 12.1 Å². The van der Waals surface area contributed by atoms with Gasteiger partial charge in [0.2, 0.25) is 0 Å². The van der Waals surface area contributed by atoms with Crippen molar-refractivity contribution in [2.24, 2.45) is 5.92 Å². The summed E-state index contributed by atoms with van der Waals surface area (Å²) in [5.41, 5.74) is 1.96. The molecule has 4 heterocycles. The Balaban J connectivity index is 1.34. The van der Waals surface area contributed by atoms with Crippen LogP contribution in [-0.2, 0) is 16.1 Å². The number of aromatic nitrogens is 4. The van der Waals surface area contributed by atoms with E-state index in [2.05, 4.69) is 31.0 Å². The molecule has 0 amide bonds. The van der Waals surface area contributed by atoms with Crippen molar-refractivity contribution >= 4 is 34.2 Å². The van der Waals surface area contributed by atoms with Crippen molar-refractivity contribution in [2.75, 3.05) is 30.8 Å². The summed E-state index contributed by atoms with van der Waals surface area (Å²) in [7, 11) is 1.39. The number of rotatable bonds is 7. The van der Waals surface area contributed by atoms with Gasteiger partial charge in [0.1, 0.15) is 17.5 Å². The lowest BCUT2D eigenvalue weighted by molar-refractivity contribution is -0.146. The first-order chi connectivity index (χ1) is 17.5. The number of methoxy groups -OCH3 is 1. The zero-order chi connectivity index (χ0) is 25.1. The number of ether oxygens (including phenoxy) is 1. The average Bonchev–Trinajstić information content (AvgIpc) is 3.39. The summed E-state index contributed by atoms with van der Waals surface area (Å²) in [6, 6.07) is 11.7. The molecule has 1 fully saturated rings. The Kier molecular flexibility index (Phi) is 6.74. The van der Waals surface area contributed by atoms with Gasteiger partial charge in [-0.3, -0.25) is 4.79 Å². The lowest BCUT2D eigenvalue weighted by Crippen LogP contribution is -2.48. The fourth-order valence-electron chi connectivity index (χ4n) is 4.26. The van der Waals surface area contributed by atoms with Gasteiger partial charge in [0, 0.05) is 42.5 Å². The number of piperidine rings is 1. The number of aliphatic hydroxyl groups excluding tert-OH is 1. The van der Waals surface area contributed by atoms with Gasteiger partial charge >= 0.3 is 5.97 Å². The molecule has 10 nitrogen and oxygen atoms in total. The molecule has 2 unspecified atom stereocenters. The Hall–Kier alpha value is -4.09. The fourth-order valence-corrected chi connectivity index (χ4v) is 4.26. The van der Waals surface area contributed by atoms with Gasteiger partial charge in [0.25, 0.3) is 0 Å². The van der Waals surface area contributed by atoms with Crippen LogP contribution in [0.5, 0.6) is 0 Å². The molecule has 0 radical (unpaired) electrons. The highest BCUT2D eigenvalue weighted by Crippen LogP contribution is 2.25. The molecule has 4 aromatic rings. The maximum Gasteiger partial charge on any atom is 0.312 e. The first-order valence-corrected chi connectivity index (χ1v) is 11.6. The van der Waals surface area contributed by atoms with E-state index < -0.39 is 5.82 Å². The number of anilines is 3. The Morgan fingerprint density at radius 3 is 2.92 bits per heavy atom. The molecule has 5 rings (SSSR count). The number of carbonyl (C=O) groups is 1. The summed E-state index contributed by atoms with van der Waals surface area (Å²) in [5, 5.41) is 23.8. The molecule has 186 valence electrons. The molecule has 3 aromatic heterocycles. The third-order valence-corrected chi connectivity index (χ3v) is 6.18. The van der Waals surface area contributed by atoms with Crippen LogP contribution < -0.4 is 16.0 Å². The van der Waals surface area contributed by atoms with Gasteiger partial charge in [-0.15, -0.1) is 0 Å². The number of carbonyl (C=O) groups excluding carboxylic acids is 1. The minimum absolute atomic E-state index is 0.0982. The summed E-state index contributed by atoms with van der Waals surface area (Å²) in [5.74, 6) is 0.0373.